The fourth-order valence-electron chi connectivity index (χ4n) is 3.74. The SMILES string of the molecule is COc1cc(C2(c3ccc4cc(S(=O)(=O)O)cc(S(=O)(=O)O)c4c3)C=CC=N2)ccc1N. The molecule has 0 aliphatic carbocycles. The molecule has 0 saturated carbocycles. The van der Waals surface area contributed by atoms with E-state index >= 15 is 0 Å². The molecule has 166 valence electrons. The minimum atomic E-state index is -4.82. The Hall–Kier alpha value is -3.25. The summed E-state index contributed by atoms with van der Waals surface area (Å²) in [5.74, 6) is 0.439. The van der Waals surface area contributed by atoms with Gasteiger partial charge in [0.2, 0.25) is 0 Å². The smallest absolute Gasteiger partial charge is 0.295 e. The van der Waals surface area contributed by atoms with Crippen LogP contribution in [-0.4, -0.2) is 39.3 Å². The van der Waals surface area contributed by atoms with E-state index < -0.39 is 35.6 Å². The number of nitrogens with zero attached hydrogens (tertiary/aromatic N) is 1. The predicted molar refractivity (Wildman–Crippen MR) is 119 cm³/mol. The largest absolute Gasteiger partial charge is 0.495 e. The number of benzene rings is 3. The first-order valence-corrected chi connectivity index (χ1v) is 12.0. The number of hydrogen-bond donors (Lipinski definition) is 3. The number of nitrogens with two attached hydrogens (primary N) is 1. The number of hydrogen-bond acceptors (Lipinski definition) is 7. The van der Waals surface area contributed by atoms with E-state index in [2.05, 4.69) is 4.99 Å². The number of ether oxygens (including phenoxy) is 1. The average Bonchev–Trinajstić information content (AvgIpc) is 3.22. The van der Waals surface area contributed by atoms with Gasteiger partial charge in [0, 0.05) is 11.6 Å². The van der Waals surface area contributed by atoms with Crippen LogP contribution in [0.25, 0.3) is 10.8 Å². The quantitative estimate of drug-likeness (QED) is 0.376. The van der Waals surface area contributed by atoms with Gasteiger partial charge in [0.15, 0.2) is 0 Å². The number of aliphatic imine (C=N–C) groups is 1. The summed E-state index contributed by atoms with van der Waals surface area (Å²) < 4.78 is 71.7. The molecule has 1 unspecified atom stereocenters. The summed E-state index contributed by atoms with van der Waals surface area (Å²) in [7, 11) is -8.04. The Morgan fingerprint density at radius 3 is 2.22 bits per heavy atom. The average molecular weight is 475 g/mol. The van der Waals surface area contributed by atoms with E-state index in [4.69, 9.17) is 10.5 Å². The van der Waals surface area contributed by atoms with Gasteiger partial charge in [0.05, 0.1) is 17.7 Å². The van der Waals surface area contributed by atoms with Crippen LogP contribution < -0.4 is 10.5 Å². The van der Waals surface area contributed by atoms with E-state index in [1.165, 1.54) is 19.2 Å². The lowest BCUT2D eigenvalue weighted by molar-refractivity contribution is 0.415. The molecular formula is C21H18N2O7S2. The number of methoxy groups -OCH3 is 1. The first-order chi connectivity index (χ1) is 15.0. The van der Waals surface area contributed by atoms with Crippen molar-refractivity contribution >= 4 is 42.9 Å². The van der Waals surface area contributed by atoms with Gasteiger partial charge in [-0.1, -0.05) is 18.2 Å². The summed E-state index contributed by atoms with van der Waals surface area (Å²) >= 11 is 0. The van der Waals surface area contributed by atoms with Crippen molar-refractivity contribution in [2.24, 2.45) is 4.99 Å². The van der Waals surface area contributed by atoms with Crippen molar-refractivity contribution in [2.45, 2.75) is 15.3 Å². The topological polar surface area (TPSA) is 156 Å². The van der Waals surface area contributed by atoms with Crippen molar-refractivity contribution in [3.63, 3.8) is 0 Å². The molecule has 0 amide bonds. The maximum absolute atomic E-state index is 12.0. The van der Waals surface area contributed by atoms with E-state index in [-0.39, 0.29) is 10.8 Å². The lowest BCUT2D eigenvalue weighted by Crippen LogP contribution is -2.21. The highest BCUT2D eigenvalue weighted by atomic mass is 32.2. The van der Waals surface area contributed by atoms with Crippen LogP contribution in [0.3, 0.4) is 0 Å². The Morgan fingerprint density at radius 2 is 1.62 bits per heavy atom. The second kappa shape index (κ2) is 7.41. The van der Waals surface area contributed by atoms with Gasteiger partial charge >= 0.3 is 0 Å². The molecule has 1 atom stereocenters. The summed E-state index contributed by atoms with van der Waals surface area (Å²) in [6.45, 7) is 0. The summed E-state index contributed by atoms with van der Waals surface area (Å²) in [5.41, 5.74) is 6.56. The molecule has 1 aliphatic rings. The molecule has 0 aromatic heterocycles. The zero-order valence-electron chi connectivity index (χ0n) is 16.6. The Labute approximate surface area is 184 Å². The molecular weight excluding hydrogens is 456 g/mol. The zero-order valence-corrected chi connectivity index (χ0v) is 18.3. The summed E-state index contributed by atoms with van der Waals surface area (Å²) in [6, 6.07) is 11.6. The summed E-state index contributed by atoms with van der Waals surface area (Å²) in [4.78, 5) is 3.28. The van der Waals surface area contributed by atoms with Crippen LogP contribution in [0.15, 0.2) is 75.5 Å². The van der Waals surface area contributed by atoms with Gasteiger partial charge in [-0.3, -0.25) is 14.1 Å². The minimum Gasteiger partial charge on any atom is -0.495 e. The summed E-state index contributed by atoms with van der Waals surface area (Å²) in [6.07, 6.45) is 5.13. The fraction of sp³-hybridized carbons (Fsp3) is 0.0952. The summed E-state index contributed by atoms with van der Waals surface area (Å²) in [5, 5.41) is 0.252. The van der Waals surface area contributed by atoms with E-state index in [1.807, 2.05) is 0 Å². The van der Waals surface area contributed by atoms with Crippen molar-refractivity contribution in [1.82, 2.24) is 0 Å². The molecule has 11 heteroatoms. The molecule has 4 rings (SSSR count). The maximum atomic E-state index is 12.0. The van der Waals surface area contributed by atoms with Gasteiger partial charge in [-0.15, -0.1) is 0 Å². The van der Waals surface area contributed by atoms with Crippen molar-refractivity contribution < 1.29 is 30.7 Å². The first-order valence-electron chi connectivity index (χ1n) is 9.16. The molecule has 0 fully saturated rings. The van der Waals surface area contributed by atoms with Crippen molar-refractivity contribution in [3.8, 4) is 5.75 Å². The van der Waals surface area contributed by atoms with Crippen LogP contribution >= 0.6 is 0 Å². The van der Waals surface area contributed by atoms with E-state index in [0.717, 1.165) is 6.07 Å². The predicted octanol–water partition coefficient (Wildman–Crippen LogP) is 2.81. The lowest BCUT2D eigenvalue weighted by atomic mass is 9.83. The molecule has 0 saturated heterocycles. The fourth-order valence-corrected chi connectivity index (χ4v) is 5.09. The van der Waals surface area contributed by atoms with Gasteiger partial charge in [0.25, 0.3) is 20.2 Å². The standard InChI is InChI=1S/C21H18N2O7S2/c1-30-19-11-15(5-6-18(19)22)21(7-2-8-23-21)14-4-3-13-9-16(31(24,25)26)12-20(17(13)10-14)32(27,28)29/h2-12H,22H2,1H3,(H,24,25,26)(H,27,28,29). The number of allylic oxidation sites excluding steroid dienone is 1. The normalized spacial score (nSPS) is 18.3. The van der Waals surface area contributed by atoms with Gasteiger partial charge in [-0.2, -0.15) is 16.8 Å². The highest BCUT2D eigenvalue weighted by Gasteiger charge is 2.34. The Balaban J connectivity index is 2.02. The maximum Gasteiger partial charge on any atom is 0.295 e. The van der Waals surface area contributed by atoms with Crippen molar-refractivity contribution in [3.05, 3.63) is 71.8 Å². The van der Waals surface area contributed by atoms with E-state index in [0.29, 0.717) is 28.6 Å². The second-order valence-electron chi connectivity index (χ2n) is 7.17. The molecule has 3 aromatic carbocycles. The van der Waals surface area contributed by atoms with Crippen LogP contribution in [-0.2, 0) is 25.8 Å². The Morgan fingerprint density at radius 1 is 0.938 bits per heavy atom. The molecule has 3 aromatic rings. The third-order valence-corrected chi connectivity index (χ3v) is 7.01. The van der Waals surface area contributed by atoms with Crippen LogP contribution in [0.2, 0.25) is 0 Å². The molecule has 1 aliphatic heterocycles. The first kappa shape index (κ1) is 22.0. The van der Waals surface area contributed by atoms with Crippen LogP contribution in [0.5, 0.6) is 5.75 Å². The molecule has 4 N–H and O–H groups in total. The van der Waals surface area contributed by atoms with Crippen LogP contribution in [0.1, 0.15) is 11.1 Å². The Bertz CT molecular complexity index is 1510. The highest BCUT2D eigenvalue weighted by molar-refractivity contribution is 7.86. The lowest BCUT2D eigenvalue weighted by Gasteiger charge is -2.27. The minimum absolute atomic E-state index is 0.0645. The third kappa shape index (κ3) is 3.65. The molecule has 0 bridgehead atoms. The Kier molecular flexibility index (Phi) is 5.09. The van der Waals surface area contributed by atoms with Crippen molar-refractivity contribution in [2.75, 3.05) is 12.8 Å². The molecule has 0 radical (unpaired) electrons. The molecule has 32 heavy (non-hydrogen) atoms. The van der Waals surface area contributed by atoms with Gasteiger partial charge in [-0.05, 0) is 59.0 Å². The zero-order chi connectivity index (χ0) is 23.3. The van der Waals surface area contributed by atoms with E-state index in [1.54, 1.807) is 42.6 Å². The third-order valence-electron chi connectivity index (χ3n) is 5.28. The molecule has 9 nitrogen and oxygen atoms in total. The molecule has 1 heterocycles. The second-order valence-corrected chi connectivity index (χ2v) is 9.98. The number of anilines is 1. The molecule has 0 spiro atoms. The van der Waals surface area contributed by atoms with E-state index in [9.17, 15) is 25.9 Å². The monoisotopic (exact) mass is 474 g/mol. The number of rotatable bonds is 5. The van der Waals surface area contributed by atoms with Crippen LogP contribution in [0.4, 0.5) is 5.69 Å². The number of fused-ring (bicyclic) bond motifs is 1. The van der Waals surface area contributed by atoms with Gasteiger partial charge < -0.3 is 10.5 Å². The number of nitrogen functional groups attached to an aromatic ring is 1. The van der Waals surface area contributed by atoms with Crippen molar-refractivity contribution in [1.29, 1.82) is 0 Å². The highest BCUT2D eigenvalue weighted by Crippen LogP contribution is 2.41. The van der Waals surface area contributed by atoms with Crippen LogP contribution in [0, 0.1) is 0 Å². The van der Waals surface area contributed by atoms with Gasteiger partial charge in [0.1, 0.15) is 16.2 Å². The van der Waals surface area contributed by atoms with Gasteiger partial charge in [-0.25, -0.2) is 0 Å².